The van der Waals surface area contributed by atoms with E-state index in [1.54, 1.807) is 13.8 Å². The van der Waals surface area contributed by atoms with Crippen LogP contribution in [0.25, 0.3) is 0 Å². The van der Waals surface area contributed by atoms with E-state index in [-0.39, 0.29) is 22.7 Å². The number of carbonyl (C=O) groups excluding carboxylic acids is 1. The first-order valence-electron chi connectivity index (χ1n) is 6.69. The van der Waals surface area contributed by atoms with Crippen molar-refractivity contribution in [3.8, 4) is 11.5 Å². The van der Waals surface area contributed by atoms with Crippen molar-refractivity contribution >= 4 is 11.6 Å². The Morgan fingerprint density at radius 3 is 2.27 bits per heavy atom. The molecule has 0 aliphatic heterocycles. The van der Waals surface area contributed by atoms with Crippen LogP contribution in [-0.2, 0) is 0 Å². The van der Waals surface area contributed by atoms with Crippen LogP contribution in [0.3, 0.4) is 0 Å². The van der Waals surface area contributed by atoms with Gasteiger partial charge >= 0.3 is 0 Å². The predicted octanol–water partition coefficient (Wildman–Crippen LogP) is 2.65. The van der Waals surface area contributed by atoms with Crippen LogP contribution in [-0.4, -0.2) is 43.0 Å². The summed E-state index contributed by atoms with van der Waals surface area (Å²) in [6.07, 6.45) is 0. The summed E-state index contributed by atoms with van der Waals surface area (Å²) in [5.41, 5.74) is 0.437. The molecule has 0 unspecified atom stereocenters. The molecular weight excluding hydrogens is 288 g/mol. The van der Waals surface area contributed by atoms with Crippen LogP contribution in [0.2, 0.25) is 0 Å². The zero-order valence-corrected chi connectivity index (χ0v) is 13.2. The maximum absolute atomic E-state index is 12.6. The van der Waals surface area contributed by atoms with Gasteiger partial charge in [0.25, 0.3) is 11.6 Å². The second-order valence-electron chi connectivity index (χ2n) is 4.76. The van der Waals surface area contributed by atoms with Crippen molar-refractivity contribution in [2.45, 2.75) is 13.8 Å². The number of rotatable bonds is 7. The van der Waals surface area contributed by atoms with Gasteiger partial charge in [-0.3, -0.25) is 14.9 Å². The van der Waals surface area contributed by atoms with Crippen LogP contribution in [0.5, 0.6) is 11.5 Å². The van der Waals surface area contributed by atoms with Gasteiger partial charge in [-0.1, -0.05) is 12.2 Å². The summed E-state index contributed by atoms with van der Waals surface area (Å²) in [7, 11) is 2.78. The Labute approximate surface area is 129 Å². The molecule has 7 nitrogen and oxygen atoms in total. The zero-order valence-electron chi connectivity index (χ0n) is 13.2. The van der Waals surface area contributed by atoms with E-state index in [9.17, 15) is 14.9 Å². The number of benzene rings is 1. The Balaban J connectivity index is 3.39. The summed E-state index contributed by atoms with van der Waals surface area (Å²) >= 11 is 0. The average molecular weight is 308 g/mol. The number of hydrogen-bond donors (Lipinski definition) is 0. The Bertz CT molecular complexity index is 598. The van der Waals surface area contributed by atoms with Crippen LogP contribution in [0, 0.1) is 10.1 Å². The summed E-state index contributed by atoms with van der Waals surface area (Å²) in [4.78, 5) is 24.7. The van der Waals surface area contributed by atoms with Crippen molar-refractivity contribution in [2.75, 3.05) is 27.3 Å². The molecule has 0 spiro atoms. The summed E-state index contributed by atoms with van der Waals surface area (Å²) in [6.45, 7) is 8.10. The summed E-state index contributed by atoms with van der Waals surface area (Å²) in [5.74, 6) is 0.0229. The quantitative estimate of drug-likeness (QED) is 0.439. The highest BCUT2D eigenvalue weighted by atomic mass is 16.6. The number of nitro benzene ring substituents is 1. The molecule has 22 heavy (non-hydrogen) atoms. The highest BCUT2D eigenvalue weighted by Gasteiger charge is 2.27. The maximum Gasteiger partial charge on any atom is 0.286 e. The largest absolute Gasteiger partial charge is 0.493 e. The van der Waals surface area contributed by atoms with E-state index < -0.39 is 10.8 Å². The highest BCUT2D eigenvalue weighted by molar-refractivity contribution is 5.99. The van der Waals surface area contributed by atoms with Gasteiger partial charge in [0.15, 0.2) is 11.5 Å². The molecule has 0 radical (unpaired) electrons. The third-order valence-electron chi connectivity index (χ3n) is 3.06. The molecule has 0 aromatic heterocycles. The molecule has 0 heterocycles. The van der Waals surface area contributed by atoms with Gasteiger partial charge in [0.2, 0.25) is 0 Å². The average Bonchev–Trinajstić information content (AvgIpc) is 2.50. The lowest BCUT2D eigenvalue weighted by Crippen LogP contribution is -2.32. The molecule has 0 saturated heterocycles. The van der Waals surface area contributed by atoms with Crippen molar-refractivity contribution in [1.82, 2.24) is 4.90 Å². The standard InChI is InChI=1S/C15H20N2O5/c1-6-16(9-10(2)3)15(18)11-7-13(21-4)14(22-5)8-12(11)17(19)20/h7-8H,2,6,9H2,1,3-5H3. The summed E-state index contributed by atoms with van der Waals surface area (Å²) < 4.78 is 10.2. The Morgan fingerprint density at radius 2 is 1.86 bits per heavy atom. The minimum absolute atomic E-state index is 0.0363. The Morgan fingerprint density at radius 1 is 1.32 bits per heavy atom. The van der Waals surface area contributed by atoms with Crippen LogP contribution >= 0.6 is 0 Å². The number of carbonyl (C=O) groups is 1. The van der Waals surface area contributed by atoms with Crippen LogP contribution in [0.1, 0.15) is 24.2 Å². The second kappa shape index (κ2) is 7.44. The van der Waals surface area contributed by atoms with Crippen molar-refractivity contribution in [3.05, 3.63) is 40.0 Å². The Kier molecular flexibility index (Phi) is 5.91. The molecule has 0 aliphatic rings. The lowest BCUT2D eigenvalue weighted by molar-refractivity contribution is -0.385. The molecule has 1 amide bonds. The highest BCUT2D eigenvalue weighted by Crippen LogP contribution is 2.35. The third kappa shape index (κ3) is 3.75. The van der Waals surface area contributed by atoms with E-state index >= 15 is 0 Å². The number of nitro groups is 1. The number of methoxy groups -OCH3 is 2. The molecule has 0 N–H and O–H groups in total. The first kappa shape index (κ1) is 17.5. The van der Waals surface area contributed by atoms with E-state index in [2.05, 4.69) is 6.58 Å². The van der Waals surface area contributed by atoms with Crippen LogP contribution in [0.4, 0.5) is 5.69 Å². The maximum atomic E-state index is 12.6. The molecular formula is C15H20N2O5. The van der Waals surface area contributed by atoms with Gasteiger partial charge in [-0.2, -0.15) is 0 Å². The molecule has 0 atom stereocenters. The molecule has 1 aromatic rings. The van der Waals surface area contributed by atoms with Gasteiger partial charge in [0, 0.05) is 19.2 Å². The molecule has 0 bridgehead atoms. The van der Waals surface area contributed by atoms with E-state index in [1.807, 2.05) is 0 Å². The summed E-state index contributed by atoms with van der Waals surface area (Å²) in [5, 5.41) is 11.2. The number of ether oxygens (including phenoxy) is 2. The molecule has 1 rings (SSSR count). The van der Waals surface area contributed by atoms with Crippen LogP contribution in [0.15, 0.2) is 24.3 Å². The van der Waals surface area contributed by atoms with Gasteiger partial charge in [-0.05, 0) is 13.8 Å². The predicted molar refractivity (Wildman–Crippen MR) is 82.6 cm³/mol. The Hall–Kier alpha value is -2.57. The number of likely N-dealkylation sites (N-methyl/N-ethyl adjacent to an activating group) is 1. The van der Waals surface area contributed by atoms with E-state index in [1.165, 1.54) is 31.3 Å². The molecule has 0 aliphatic carbocycles. The monoisotopic (exact) mass is 308 g/mol. The smallest absolute Gasteiger partial charge is 0.286 e. The van der Waals surface area contributed by atoms with Crippen molar-refractivity contribution < 1.29 is 19.2 Å². The van der Waals surface area contributed by atoms with Gasteiger partial charge in [0.1, 0.15) is 5.56 Å². The minimum Gasteiger partial charge on any atom is -0.493 e. The normalized spacial score (nSPS) is 10.0. The minimum atomic E-state index is -0.607. The molecule has 120 valence electrons. The van der Waals surface area contributed by atoms with Crippen molar-refractivity contribution in [3.63, 3.8) is 0 Å². The number of amides is 1. The lowest BCUT2D eigenvalue weighted by atomic mass is 10.1. The SMILES string of the molecule is C=C(C)CN(CC)C(=O)c1cc(OC)c(OC)cc1[N+](=O)[O-]. The first-order valence-corrected chi connectivity index (χ1v) is 6.69. The fourth-order valence-corrected chi connectivity index (χ4v) is 2.01. The molecule has 0 fully saturated rings. The lowest BCUT2D eigenvalue weighted by Gasteiger charge is -2.21. The fraction of sp³-hybridized carbons (Fsp3) is 0.400. The van der Waals surface area contributed by atoms with E-state index in [4.69, 9.17) is 9.47 Å². The zero-order chi connectivity index (χ0) is 16.9. The molecule has 1 aromatic carbocycles. The number of hydrogen-bond acceptors (Lipinski definition) is 5. The van der Waals surface area contributed by atoms with E-state index in [0.29, 0.717) is 13.1 Å². The molecule has 7 heteroatoms. The van der Waals surface area contributed by atoms with Crippen LogP contribution < -0.4 is 9.47 Å². The first-order chi connectivity index (χ1) is 10.3. The van der Waals surface area contributed by atoms with Crippen molar-refractivity contribution in [1.29, 1.82) is 0 Å². The van der Waals surface area contributed by atoms with Gasteiger partial charge in [-0.25, -0.2) is 0 Å². The topological polar surface area (TPSA) is 81.9 Å². The van der Waals surface area contributed by atoms with E-state index in [0.717, 1.165) is 5.57 Å². The summed E-state index contributed by atoms with van der Waals surface area (Å²) in [6, 6.07) is 2.53. The second-order valence-corrected chi connectivity index (χ2v) is 4.76. The number of nitrogens with zero attached hydrogens (tertiary/aromatic N) is 2. The van der Waals surface area contributed by atoms with Crippen molar-refractivity contribution in [2.24, 2.45) is 0 Å². The van der Waals surface area contributed by atoms with Gasteiger partial charge in [0.05, 0.1) is 25.2 Å². The fourth-order valence-electron chi connectivity index (χ4n) is 2.01. The third-order valence-corrected chi connectivity index (χ3v) is 3.06. The van der Waals surface area contributed by atoms with Gasteiger partial charge in [-0.15, -0.1) is 0 Å². The van der Waals surface area contributed by atoms with Gasteiger partial charge < -0.3 is 14.4 Å². The molecule has 0 saturated carbocycles.